The predicted octanol–water partition coefficient (Wildman–Crippen LogP) is 3.73. The van der Waals surface area contributed by atoms with E-state index in [2.05, 4.69) is 5.32 Å². The number of nitrogens with zero attached hydrogens (tertiary/aromatic N) is 2. The topological polar surface area (TPSA) is 54.3 Å². The standard InChI is InChI=1S/C20H16ClN3O2/c21-14-8-9-18-17(11-14)20(26)23(12-16-7-4-10-24(16)18)13-19(25)22-15-5-2-1-3-6-15/h1-11H,12-13H2,(H,22,25). The van der Waals surface area contributed by atoms with Gasteiger partial charge in [0.25, 0.3) is 5.91 Å². The van der Waals surface area contributed by atoms with E-state index in [9.17, 15) is 9.59 Å². The van der Waals surface area contributed by atoms with Crippen molar-refractivity contribution in [1.82, 2.24) is 9.47 Å². The number of anilines is 1. The largest absolute Gasteiger partial charge is 0.325 e. The maximum absolute atomic E-state index is 13.0. The van der Waals surface area contributed by atoms with Gasteiger partial charge in [-0.2, -0.15) is 0 Å². The number of carbonyl (C=O) groups is 2. The van der Waals surface area contributed by atoms with Crippen LogP contribution in [0.3, 0.4) is 0 Å². The Bertz CT molecular complexity index is 982. The molecule has 0 saturated heterocycles. The van der Waals surface area contributed by atoms with Crippen LogP contribution < -0.4 is 5.32 Å². The Kier molecular flexibility index (Phi) is 4.22. The summed E-state index contributed by atoms with van der Waals surface area (Å²) in [5, 5.41) is 3.31. The normalized spacial score (nSPS) is 13.0. The van der Waals surface area contributed by atoms with E-state index in [1.807, 2.05) is 59.3 Å². The van der Waals surface area contributed by atoms with Crippen LogP contribution in [0.1, 0.15) is 16.1 Å². The van der Waals surface area contributed by atoms with Gasteiger partial charge in [-0.15, -0.1) is 0 Å². The second kappa shape index (κ2) is 6.69. The van der Waals surface area contributed by atoms with Crippen molar-refractivity contribution in [2.24, 2.45) is 0 Å². The van der Waals surface area contributed by atoms with Crippen molar-refractivity contribution in [3.63, 3.8) is 0 Å². The number of benzene rings is 2. The second-order valence-corrected chi connectivity index (χ2v) is 6.54. The second-order valence-electron chi connectivity index (χ2n) is 6.11. The molecule has 0 spiro atoms. The van der Waals surface area contributed by atoms with Crippen molar-refractivity contribution in [1.29, 1.82) is 0 Å². The number of fused-ring (bicyclic) bond motifs is 3. The first-order chi connectivity index (χ1) is 12.6. The first kappa shape index (κ1) is 16.4. The molecule has 2 aromatic carbocycles. The Balaban J connectivity index is 1.63. The maximum atomic E-state index is 13.0. The summed E-state index contributed by atoms with van der Waals surface area (Å²) >= 11 is 6.10. The zero-order chi connectivity index (χ0) is 18.1. The molecule has 0 fully saturated rings. The minimum Gasteiger partial charge on any atom is -0.325 e. The van der Waals surface area contributed by atoms with Gasteiger partial charge in [0.15, 0.2) is 0 Å². The lowest BCUT2D eigenvalue weighted by Crippen LogP contribution is -2.37. The van der Waals surface area contributed by atoms with Gasteiger partial charge in [-0.1, -0.05) is 29.8 Å². The third kappa shape index (κ3) is 3.09. The summed E-state index contributed by atoms with van der Waals surface area (Å²) in [5.41, 5.74) is 2.89. The number of hydrogen-bond donors (Lipinski definition) is 1. The summed E-state index contributed by atoms with van der Waals surface area (Å²) in [6.07, 6.45) is 1.91. The minimum absolute atomic E-state index is 0.0368. The van der Waals surface area contributed by atoms with Crippen LogP contribution in [0.15, 0.2) is 66.9 Å². The first-order valence-corrected chi connectivity index (χ1v) is 8.60. The molecule has 6 heteroatoms. The van der Waals surface area contributed by atoms with Gasteiger partial charge >= 0.3 is 0 Å². The fourth-order valence-corrected chi connectivity index (χ4v) is 3.30. The first-order valence-electron chi connectivity index (χ1n) is 8.22. The van der Waals surface area contributed by atoms with Crippen molar-refractivity contribution in [3.8, 4) is 5.69 Å². The number of amides is 2. The van der Waals surface area contributed by atoms with Gasteiger partial charge in [0.1, 0.15) is 6.54 Å². The van der Waals surface area contributed by atoms with Crippen LogP contribution in [0, 0.1) is 0 Å². The Hall–Kier alpha value is -3.05. The fraction of sp³-hybridized carbons (Fsp3) is 0.100. The monoisotopic (exact) mass is 365 g/mol. The van der Waals surface area contributed by atoms with Crippen LogP contribution in [0.25, 0.3) is 5.69 Å². The van der Waals surface area contributed by atoms with Crippen molar-refractivity contribution < 1.29 is 9.59 Å². The molecule has 0 atom stereocenters. The lowest BCUT2D eigenvalue weighted by molar-refractivity contribution is -0.117. The molecule has 4 rings (SSSR count). The molecule has 5 nitrogen and oxygen atoms in total. The van der Waals surface area contributed by atoms with Crippen molar-refractivity contribution in [2.45, 2.75) is 6.54 Å². The third-order valence-corrected chi connectivity index (χ3v) is 4.55. The van der Waals surface area contributed by atoms with E-state index in [-0.39, 0.29) is 18.4 Å². The Morgan fingerprint density at radius 1 is 1.08 bits per heavy atom. The van der Waals surface area contributed by atoms with Gasteiger partial charge in [0, 0.05) is 22.6 Å². The average molecular weight is 366 g/mol. The van der Waals surface area contributed by atoms with Crippen molar-refractivity contribution in [2.75, 3.05) is 11.9 Å². The van der Waals surface area contributed by atoms with Crippen LogP contribution in [0.2, 0.25) is 5.02 Å². The van der Waals surface area contributed by atoms with E-state index >= 15 is 0 Å². The van der Waals surface area contributed by atoms with Crippen LogP contribution in [-0.4, -0.2) is 27.8 Å². The molecule has 2 amide bonds. The molecular formula is C20H16ClN3O2. The van der Waals surface area contributed by atoms with E-state index < -0.39 is 0 Å². The molecule has 26 heavy (non-hydrogen) atoms. The number of carbonyl (C=O) groups excluding carboxylic acids is 2. The molecule has 1 aliphatic rings. The van der Waals surface area contributed by atoms with E-state index in [1.165, 1.54) is 4.90 Å². The SMILES string of the molecule is O=C(CN1Cc2cccn2-c2ccc(Cl)cc2C1=O)Nc1ccccc1. The number of aromatic nitrogens is 1. The highest BCUT2D eigenvalue weighted by molar-refractivity contribution is 6.31. The zero-order valence-corrected chi connectivity index (χ0v) is 14.6. The zero-order valence-electron chi connectivity index (χ0n) is 13.9. The fourth-order valence-electron chi connectivity index (χ4n) is 3.13. The van der Waals surface area contributed by atoms with Crippen molar-refractivity contribution in [3.05, 3.63) is 83.1 Å². The predicted molar refractivity (Wildman–Crippen MR) is 101 cm³/mol. The highest BCUT2D eigenvalue weighted by Crippen LogP contribution is 2.27. The van der Waals surface area contributed by atoms with Gasteiger partial charge in [-0.3, -0.25) is 9.59 Å². The van der Waals surface area contributed by atoms with Crippen LogP contribution in [0.4, 0.5) is 5.69 Å². The molecule has 1 aliphatic heterocycles. The third-order valence-electron chi connectivity index (χ3n) is 4.31. The van der Waals surface area contributed by atoms with Gasteiger partial charge in [-0.05, 0) is 42.5 Å². The summed E-state index contributed by atoms with van der Waals surface area (Å²) in [4.78, 5) is 27.0. The Morgan fingerprint density at radius 2 is 1.88 bits per heavy atom. The summed E-state index contributed by atoms with van der Waals surface area (Å²) in [5.74, 6) is -0.456. The summed E-state index contributed by atoms with van der Waals surface area (Å²) in [6, 6.07) is 18.3. The molecule has 3 aromatic rings. The number of rotatable bonds is 3. The molecule has 0 bridgehead atoms. The smallest absolute Gasteiger partial charge is 0.256 e. The van der Waals surface area contributed by atoms with Gasteiger partial charge in [-0.25, -0.2) is 0 Å². The van der Waals surface area contributed by atoms with E-state index in [1.54, 1.807) is 12.1 Å². The van der Waals surface area contributed by atoms with Crippen LogP contribution in [-0.2, 0) is 11.3 Å². The number of nitrogens with one attached hydrogen (secondary N) is 1. The van der Waals surface area contributed by atoms with Gasteiger partial charge in [0.05, 0.1) is 17.8 Å². The van der Waals surface area contributed by atoms with Crippen LogP contribution in [0.5, 0.6) is 0 Å². The van der Waals surface area contributed by atoms with Crippen LogP contribution >= 0.6 is 11.6 Å². The lowest BCUT2D eigenvalue weighted by Gasteiger charge is -2.20. The summed E-state index contributed by atoms with van der Waals surface area (Å²) < 4.78 is 1.96. The van der Waals surface area contributed by atoms with E-state index in [0.717, 1.165) is 11.4 Å². The highest BCUT2D eigenvalue weighted by atomic mass is 35.5. The average Bonchev–Trinajstić information content (AvgIpc) is 3.05. The number of halogens is 1. The van der Waals surface area contributed by atoms with E-state index in [0.29, 0.717) is 22.8 Å². The molecule has 1 N–H and O–H groups in total. The molecule has 2 heterocycles. The Morgan fingerprint density at radius 3 is 2.69 bits per heavy atom. The molecule has 0 unspecified atom stereocenters. The highest BCUT2D eigenvalue weighted by Gasteiger charge is 2.27. The molecule has 1 aromatic heterocycles. The minimum atomic E-state index is -0.242. The number of para-hydroxylation sites is 1. The quantitative estimate of drug-likeness (QED) is 0.769. The molecular weight excluding hydrogens is 350 g/mol. The maximum Gasteiger partial charge on any atom is 0.256 e. The lowest BCUT2D eigenvalue weighted by atomic mass is 10.1. The summed E-state index contributed by atoms with van der Waals surface area (Å²) in [7, 11) is 0. The summed E-state index contributed by atoms with van der Waals surface area (Å²) in [6.45, 7) is 0.311. The molecule has 0 radical (unpaired) electrons. The molecule has 130 valence electrons. The van der Waals surface area contributed by atoms with Gasteiger partial charge in [0.2, 0.25) is 5.91 Å². The molecule has 0 saturated carbocycles. The number of hydrogen-bond acceptors (Lipinski definition) is 2. The van der Waals surface area contributed by atoms with E-state index in [4.69, 9.17) is 11.6 Å². The Labute approximate surface area is 155 Å². The molecule has 0 aliphatic carbocycles. The van der Waals surface area contributed by atoms with Crippen molar-refractivity contribution >= 4 is 29.1 Å². The van der Waals surface area contributed by atoms with Gasteiger partial charge < -0.3 is 14.8 Å².